The number of carbonyl (C=O) groups is 1. The van der Waals surface area contributed by atoms with Gasteiger partial charge in [0.2, 0.25) is 5.91 Å². The highest BCUT2D eigenvalue weighted by Crippen LogP contribution is 2.48. The highest BCUT2D eigenvalue weighted by atomic mass is 32.1. The van der Waals surface area contributed by atoms with Crippen molar-refractivity contribution in [1.82, 2.24) is 0 Å². The molecule has 106 valence electrons. The summed E-state index contributed by atoms with van der Waals surface area (Å²) in [6.07, 6.45) is 0.890. The molecule has 1 fully saturated rings. The van der Waals surface area contributed by atoms with Crippen LogP contribution in [0.25, 0.3) is 0 Å². The van der Waals surface area contributed by atoms with Crippen molar-refractivity contribution in [1.29, 1.82) is 5.26 Å². The van der Waals surface area contributed by atoms with Crippen LogP contribution in [0.5, 0.6) is 0 Å². The molecular formula is C17H16N2OS. The molecule has 3 nitrogen and oxygen atoms in total. The third-order valence-corrected chi connectivity index (χ3v) is 5.21. The first-order chi connectivity index (χ1) is 10.1. The Morgan fingerprint density at radius 3 is 2.71 bits per heavy atom. The maximum atomic E-state index is 12.3. The zero-order chi connectivity index (χ0) is 15.0. The number of thiophene rings is 1. The van der Waals surface area contributed by atoms with E-state index in [9.17, 15) is 10.1 Å². The van der Waals surface area contributed by atoms with Crippen molar-refractivity contribution in [2.24, 2.45) is 5.92 Å². The average Bonchev–Trinajstić information content (AvgIpc) is 3.24. The smallest absolute Gasteiger partial charge is 0.228 e. The van der Waals surface area contributed by atoms with E-state index in [0.29, 0.717) is 16.5 Å². The van der Waals surface area contributed by atoms with Gasteiger partial charge in [-0.05, 0) is 37.3 Å². The zero-order valence-corrected chi connectivity index (χ0v) is 12.8. The topological polar surface area (TPSA) is 52.9 Å². The van der Waals surface area contributed by atoms with Crippen LogP contribution < -0.4 is 5.32 Å². The monoisotopic (exact) mass is 296 g/mol. The molecule has 1 aliphatic rings. The average molecular weight is 296 g/mol. The summed E-state index contributed by atoms with van der Waals surface area (Å²) in [5, 5.41) is 12.8. The van der Waals surface area contributed by atoms with E-state index >= 15 is 0 Å². The Bertz CT molecular complexity index is 727. The lowest BCUT2D eigenvalue weighted by Crippen LogP contribution is -2.14. The molecule has 1 amide bonds. The lowest BCUT2D eigenvalue weighted by molar-refractivity contribution is -0.117. The highest BCUT2D eigenvalue weighted by molar-refractivity contribution is 7.16. The van der Waals surface area contributed by atoms with Crippen molar-refractivity contribution in [3.63, 3.8) is 0 Å². The Kier molecular flexibility index (Phi) is 3.52. The molecule has 0 unspecified atom stereocenters. The second-order valence-corrected chi connectivity index (χ2v) is 6.67. The minimum Gasteiger partial charge on any atom is -0.316 e. The number of hydrogen-bond acceptors (Lipinski definition) is 3. The number of benzene rings is 1. The number of aryl methyl sites for hydroxylation is 1. The fraction of sp³-hybridized carbons (Fsp3) is 0.294. The second-order valence-electron chi connectivity index (χ2n) is 5.45. The van der Waals surface area contributed by atoms with E-state index in [1.165, 1.54) is 16.9 Å². The van der Waals surface area contributed by atoms with E-state index in [1.54, 1.807) is 0 Å². The standard InChI is InChI=1S/C17H16N2OS/c1-10-11(2)21-17(15(10)9-18)19-16(20)14-8-13(14)12-6-4-3-5-7-12/h3-7,13-14H,8H2,1-2H3,(H,19,20)/t13-,14+/m1/s1. The first-order valence-corrected chi connectivity index (χ1v) is 7.79. The van der Waals surface area contributed by atoms with Gasteiger partial charge in [0, 0.05) is 10.8 Å². The maximum Gasteiger partial charge on any atom is 0.228 e. The fourth-order valence-electron chi connectivity index (χ4n) is 2.61. The van der Waals surface area contributed by atoms with E-state index < -0.39 is 0 Å². The van der Waals surface area contributed by atoms with Gasteiger partial charge in [0.15, 0.2) is 0 Å². The summed E-state index contributed by atoms with van der Waals surface area (Å²) in [6.45, 7) is 3.89. The molecule has 21 heavy (non-hydrogen) atoms. The van der Waals surface area contributed by atoms with E-state index in [2.05, 4.69) is 23.5 Å². The molecule has 0 saturated heterocycles. The molecule has 1 aromatic heterocycles. The first kappa shape index (κ1) is 13.8. The van der Waals surface area contributed by atoms with E-state index in [0.717, 1.165) is 16.9 Å². The van der Waals surface area contributed by atoms with Crippen molar-refractivity contribution >= 4 is 22.2 Å². The van der Waals surface area contributed by atoms with Gasteiger partial charge in [-0.2, -0.15) is 5.26 Å². The normalized spacial score (nSPS) is 19.9. The van der Waals surface area contributed by atoms with Crippen LogP contribution in [0.1, 0.15) is 33.9 Å². The Morgan fingerprint density at radius 2 is 2.05 bits per heavy atom. The number of amides is 1. The van der Waals surface area contributed by atoms with Gasteiger partial charge in [-0.15, -0.1) is 11.3 Å². The highest BCUT2D eigenvalue weighted by Gasteiger charge is 2.44. The van der Waals surface area contributed by atoms with Crippen LogP contribution in [0.3, 0.4) is 0 Å². The lowest BCUT2D eigenvalue weighted by atomic mass is 10.1. The van der Waals surface area contributed by atoms with Gasteiger partial charge in [0.05, 0.1) is 5.56 Å². The molecule has 0 radical (unpaired) electrons. The Morgan fingerprint density at radius 1 is 1.33 bits per heavy atom. The second kappa shape index (κ2) is 5.34. The summed E-state index contributed by atoms with van der Waals surface area (Å²) < 4.78 is 0. The van der Waals surface area contributed by atoms with Crippen molar-refractivity contribution in [3.05, 3.63) is 51.9 Å². The molecule has 2 atom stereocenters. The number of carbonyl (C=O) groups excluding carboxylic acids is 1. The number of nitrogens with zero attached hydrogens (tertiary/aromatic N) is 1. The predicted octanol–water partition coefficient (Wildman–Crippen LogP) is 3.98. The molecule has 4 heteroatoms. The third kappa shape index (κ3) is 2.57. The first-order valence-electron chi connectivity index (χ1n) is 6.97. The molecule has 1 N–H and O–H groups in total. The minimum atomic E-state index is 0.0293. The van der Waals surface area contributed by atoms with Crippen LogP contribution in [-0.4, -0.2) is 5.91 Å². The summed E-state index contributed by atoms with van der Waals surface area (Å²) in [5.41, 5.74) is 2.78. The molecule has 1 aromatic carbocycles. The summed E-state index contributed by atoms with van der Waals surface area (Å²) in [7, 11) is 0. The van der Waals surface area contributed by atoms with Gasteiger partial charge in [-0.25, -0.2) is 0 Å². The molecular weight excluding hydrogens is 280 g/mol. The molecule has 1 saturated carbocycles. The van der Waals surface area contributed by atoms with Crippen molar-refractivity contribution in [2.45, 2.75) is 26.2 Å². The van der Waals surface area contributed by atoms with Crippen molar-refractivity contribution in [2.75, 3.05) is 5.32 Å². The van der Waals surface area contributed by atoms with Gasteiger partial charge in [0.1, 0.15) is 11.1 Å². The Labute approximate surface area is 128 Å². The quantitative estimate of drug-likeness (QED) is 0.931. The van der Waals surface area contributed by atoms with Gasteiger partial charge in [-0.1, -0.05) is 30.3 Å². The summed E-state index contributed by atoms with van der Waals surface area (Å²) >= 11 is 1.48. The third-order valence-electron chi connectivity index (χ3n) is 4.09. The number of nitrogens with one attached hydrogen (secondary N) is 1. The lowest BCUT2D eigenvalue weighted by Gasteiger charge is -2.03. The van der Waals surface area contributed by atoms with Crippen molar-refractivity contribution < 1.29 is 4.79 Å². The summed E-state index contributed by atoms with van der Waals surface area (Å²) in [6, 6.07) is 12.3. The maximum absolute atomic E-state index is 12.3. The number of nitriles is 1. The van der Waals surface area contributed by atoms with Crippen LogP contribution in [0, 0.1) is 31.1 Å². The van der Waals surface area contributed by atoms with Crippen LogP contribution in [-0.2, 0) is 4.79 Å². The molecule has 0 spiro atoms. The number of hydrogen-bond donors (Lipinski definition) is 1. The van der Waals surface area contributed by atoms with E-state index in [4.69, 9.17) is 0 Å². The zero-order valence-electron chi connectivity index (χ0n) is 12.0. The van der Waals surface area contributed by atoms with Gasteiger partial charge in [0.25, 0.3) is 0 Å². The number of anilines is 1. The van der Waals surface area contributed by atoms with E-state index in [1.807, 2.05) is 32.0 Å². The van der Waals surface area contributed by atoms with Gasteiger partial charge in [-0.3, -0.25) is 4.79 Å². The van der Waals surface area contributed by atoms with Crippen LogP contribution >= 0.6 is 11.3 Å². The SMILES string of the molecule is Cc1sc(NC(=O)[C@H]2C[C@@H]2c2ccccc2)c(C#N)c1C. The summed E-state index contributed by atoms with van der Waals surface area (Å²) in [5.74, 6) is 0.377. The Balaban J connectivity index is 1.72. The molecule has 3 rings (SSSR count). The molecule has 0 aliphatic heterocycles. The van der Waals surface area contributed by atoms with Crippen LogP contribution in [0.4, 0.5) is 5.00 Å². The Hall–Kier alpha value is -2.12. The molecule has 2 aromatic rings. The summed E-state index contributed by atoms with van der Waals surface area (Å²) in [4.78, 5) is 13.4. The fourth-order valence-corrected chi connectivity index (χ4v) is 3.62. The predicted molar refractivity (Wildman–Crippen MR) is 84.4 cm³/mol. The molecule has 1 heterocycles. The van der Waals surface area contributed by atoms with Gasteiger partial charge < -0.3 is 5.32 Å². The van der Waals surface area contributed by atoms with Crippen LogP contribution in [0.15, 0.2) is 30.3 Å². The van der Waals surface area contributed by atoms with E-state index in [-0.39, 0.29) is 11.8 Å². The van der Waals surface area contributed by atoms with Crippen molar-refractivity contribution in [3.8, 4) is 6.07 Å². The minimum absolute atomic E-state index is 0.0293. The van der Waals surface area contributed by atoms with Crippen LogP contribution in [0.2, 0.25) is 0 Å². The van der Waals surface area contributed by atoms with Gasteiger partial charge >= 0.3 is 0 Å². The molecule has 1 aliphatic carbocycles. The largest absolute Gasteiger partial charge is 0.316 e. The number of rotatable bonds is 3. The molecule has 0 bridgehead atoms.